The van der Waals surface area contributed by atoms with Gasteiger partial charge in [0.15, 0.2) is 0 Å². The first-order valence-electron chi connectivity index (χ1n) is 9.44. The van der Waals surface area contributed by atoms with Crippen molar-refractivity contribution in [1.29, 1.82) is 0 Å². The third-order valence-corrected chi connectivity index (χ3v) is 4.17. The second-order valence-electron chi connectivity index (χ2n) is 6.43. The fourth-order valence-electron chi connectivity index (χ4n) is 2.67. The van der Waals surface area contributed by atoms with Crippen molar-refractivity contribution < 1.29 is 23.9 Å². The molecule has 2 aromatic rings. The first-order chi connectivity index (χ1) is 14.1. The van der Waals surface area contributed by atoms with Crippen LogP contribution in [0.25, 0.3) is 0 Å². The zero-order chi connectivity index (χ0) is 20.9. The topological polar surface area (TPSA) is 93.7 Å². The maximum Gasteiger partial charge on any atom is 0.407 e. The van der Waals surface area contributed by atoms with Gasteiger partial charge in [0, 0.05) is 19.4 Å². The molecule has 0 heterocycles. The summed E-state index contributed by atoms with van der Waals surface area (Å²) in [6.07, 6.45) is 0.404. The summed E-state index contributed by atoms with van der Waals surface area (Å²) in [6.45, 7) is 0.482. The molecule has 7 nitrogen and oxygen atoms in total. The quantitative estimate of drug-likeness (QED) is 0.474. The summed E-state index contributed by atoms with van der Waals surface area (Å²) in [6, 6.07) is 18.0. The Morgan fingerprint density at radius 1 is 0.931 bits per heavy atom. The predicted octanol–water partition coefficient (Wildman–Crippen LogP) is 2.59. The number of benzene rings is 2. The molecule has 2 aromatic carbocycles. The molecule has 0 aliphatic rings. The van der Waals surface area contributed by atoms with Crippen molar-refractivity contribution in [2.24, 2.45) is 0 Å². The molecule has 0 aromatic heterocycles. The molecule has 0 aliphatic carbocycles. The Balaban J connectivity index is 1.67. The zero-order valence-corrected chi connectivity index (χ0v) is 16.4. The van der Waals surface area contributed by atoms with E-state index < -0.39 is 18.1 Å². The van der Waals surface area contributed by atoms with Crippen molar-refractivity contribution in [3.05, 3.63) is 71.8 Å². The second-order valence-corrected chi connectivity index (χ2v) is 6.43. The Morgan fingerprint density at radius 2 is 1.55 bits per heavy atom. The summed E-state index contributed by atoms with van der Waals surface area (Å²) in [7, 11) is 1.29. The number of ether oxygens (including phenoxy) is 2. The second kappa shape index (κ2) is 12.2. The van der Waals surface area contributed by atoms with Crippen LogP contribution in [0.5, 0.6) is 0 Å². The molecular weight excluding hydrogens is 372 g/mol. The van der Waals surface area contributed by atoms with E-state index in [0.29, 0.717) is 19.4 Å². The number of carbonyl (C=O) groups is 3. The maximum absolute atomic E-state index is 12.2. The first kappa shape index (κ1) is 21.9. The fourth-order valence-corrected chi connectivity index (χ4v) is 2.67. The molecule has 0 radical (unpaired) electrons. The number of carbonyl (C=O) groups excluding carboxylic acids is 3. The molecule has 0 aliphatic heterocycles. The largest absolute Gasteiger partial charge is 0.467 e. The highest BCUT2D eigenvalue weighted by Gasteiger charge is 2.21. The highest BCUT2D eigenvalue weighted by atomic mass is 16.5. The number of esters is 1. The SMILES string of the molecule is COC(=O)C(Cc1ccccc1)NC(=O)CCCNC(=O)OCc1ccccc1. The molecule has 0 saturated heterocycles. The van der Waals surface area contributed by atoms with Crippen LogP contribution in [0.15, 0.2) is 60.7 Å². The van der Waals surface area contributed by atoms with E-state index in [1.165, 1.54) is 7.11 Å². The molecule has 1 unspecified atom stereocenters. The van der Waals surface area contributed by atoms with Crippen molar-refractivity contribution in [1.82, 2.24) is 10.6 Å². The predicted molar refractivity (Wildman–Crippen MR) is 108 cm³/mol. The van der Waals surface area contributed by atoms with E-state index in [9.17, 15) is 14.4 Å². The number of amides is 2. The Labute approximate surface area is 170 Å². The van der Waals surface area contributed by atoms with Gasteiger partial charge in [0.05, 0.1) is 7.11 Å². The summed E-state index contributed by atoms with van der Waals surface area (Å²) >= 11 is 0. The highest BCUT2D eigenvalue weighted by molar-refractivity contribution is 5.84. The van der Waals surface area contributed by atoms with Crippen LogP contribution in [-0.2, 0) is 32.1 Å². The van der Waals surface area contributed by atoms with E-state index in [2.05, 4.69) is 10.6 Å². The van der Waals surface area contributed by atoms with Crippen LogP contribution in [0.1, 0.15) is 24.0 Å². The number of hydrogen-bond donors (Lipinski definition) is 2. The number of methoxy groups -OCH3 is 1. The average molecular weight is 398 g/mol. The van der Waals surface area contributed by atoms with Crippen LogP contribution in [-0.4, -0.2) is 37.7 Å². The number of hydrogen-bond acceptors (Lipinski definition) is 5. The van der Waals surface area contributed by atoms with Crippen LogP contribution in [0.3, 0.4) is 0 Å². The van der Waals surface area contributed by atoms with Crippen molar-refractivity contribution in [2.75, 3.05) is 13.7 Å². The van der Waals surface area contributed by atoms with Crippen molar-refractivity contribution in [2.45, 2.75) is 31.9 Å². The molecule has 7 heteroatoms. The van der Waals surface area contributed by atoms with Crippen LogP contribution < -0.4 is 10.6 Å². The first-order valence-corrected chi connectivity index (χ1v) is 9.44. The van der Waals surface area contributed by atoms with E-state index in [4.69, 9.17) is 9.47 Å². The molecule has 0 bridgehead atoms. The summed E-state index contributed by atoms with van der Waals surface area (Å²) < 4.78 is 9.88. The lowest BCUT2D eigenvalue weighted by molar-refractivity contribution is -0.145. The smallest absolute Gasteiger partial charge is 0.407 e. The summed E-state index contributed by atoms with van der Waals surface area (Å²) in [4.78, 5) is 35.8. The third kappa shape index (κ3) is 8.47. The molecule has 0 spiro atoms. The van der Waals surface area contributed by atoms with Crippen LogP contribution in [0, 0.1) is 0 Å². The minimum Gasteiger partial charge on any atom is -0.467 e. The fraction of sp³-hybridized carbons (Fsp3) is 0.318. The Bertz CT molecular complexity index is 780. The van der Waals surface area contributed by atoms with Gasteiger partial charge < -0.3 is 20.1 Å². The van der Waals surface area contributed by atoms with Gasteiger partial charge in [-0.1, -0.05) is 60.7 Å². The lowest BCUT2D eigenvalue weighted by Crippen LogP contribution is -2.43. The molecule has 2 N–H and O–H groups in total. The van der Waals surface area contributed by atoms with Crippen LogP contribution in [0.4, 0.5) is 4.79 Å². The van der Waals surface area contributed by atoms with Crippen molar-refractivity contribution >= 4 is 18.0 Å². The molecule has 2 rings (SSSR count). The highest BCUT2D eigenvalue weighted by Crippen LogP contribution is 2.05. The average Bonchev–Trinajstić information content (AvgIpc) is 2.75. The minimum absolute atomic E-state index is 0.168. The zero-order valence-electron chi connectivity index (χ0n) is 16.4. The molecule has 0 saturated carbocycles. The molecular formula is C22H26N2O5. The van der Waals surface area contributed by atoms with Gasteiger partial charge in [0.25, 0.3) is 0 Å². The van der Waals surface area contributed by atoms with Gasteiger partial charge in [-0.2, -0.15) is 0 Å². The number of nitrogens with one attached hydrogen (secondary N) is 2. The number of rotatable bonds is 10. The van der Waals surface area contributed by atoms with Gasteiger partial charge in [-0.25, -0.2) is 9.59 Å². The van der Waals surface area contributed by atoms with E-state index in [-0.39, 0.29) is 18.9 Å². The van der Waals surface area contributed by atoms with Gasteiger partial charge in [-0.3, -0.25) is 4.79 Å². The van der Waals surface area contributed by atoms with E-state index in [0.717, 1.165) is 11.1 Å². The lowest BCUT2D eigenvalue weighted by Gasteiger charge is -2.16. The van der Waals surface area contributed by atoms with Crippen molar-refractivity contribution in [3.63, 3.8) is 0 Å². The standard InChI is InChI=1S/C22H26N2O5/c1-28-21(26)19(15-17-9-4-2-5-10-17)24-20(25)13-8-14-23-22(27)29-16-18-11-6-3-7-12-18/h2-7,9-12,19H,8,13-16H2,1H3,(H,23,27)(H,24,25). The van der Waals surface area contributed by atoms with Gasteiger partial charge in [-0.15, -0.1) is 0 Å². The van der Waals surface area contributed by atoms with Gasteiger partial charge in [-0.05, 0) is 17.5 Å². The van der Waals surface area contributed by atoms with Crippen LogP contribution >= 0.6 is 0 Å². The molecule has 2 amide bonds. The molecule has 0 fully saturated rings. The van der Waals surface area contributed by atoms with E-state index in [1.807, 2.05) is 60.7 Å². The van der Waals surface area contributed by atoms with Crippen molar-refractivity contribution in [3.8, 4) is 0 Å². The lowest BCUT2D eigenvalue weighted by atomic mass is 10.1. The molecule has 29 heavy (non-hydrogen) atoms. The minimum atomic E-state index is -0.751. The van der Waals surface area contributed by atoms with E-state index >= 15 is 0 Å². The summed E-state index contributed by atoms with van der Waals surface area (Å²) in [5.74, 6) is -0.777. The Morgan fingerprint density at radius 3 is 2.17 bits per heavy atom. The van der Waals surface area contributed by atoms with Gasteiger partial charge in [0.1, 0.15) is 12.6 Å². The van der Waals surface area contributed by atoms with Gasteiger partial charge >= 0.3 is 12.1 Å². The summed E-state index contributed by atoms with van der Waals surface area (Å²) in [5.41, 5.74) is 1.82. The monoisotopic (exact) mass is 398 g/mol. The maximum atomic E-state index is 12.2. The Kier molecular flexibility index (Phi) is 9.21. The third-order valence-electron chi connectivity index (χ3n) is 4.17. The number of alkyl carbamates (subject to hydrolysis) is 1. The van der Waals surface area contributed by atoms with Crippen LogP contribution in [0.2, 0.25) is 0 Å². The molecule has 154 valence electrons. The summed E-state index contributed by atoms with van der Waals surface area (Å²) in [5, 5.41) is 5.30. The molecule has 1 atom stereocenters. The van der Waals surface area contributed by atoms with Gasteiger partial charge in [0.2, 0.25) is 5.91 Å². The Hall–Kier alpha value is -3.35. The normalized spacial score (nSPS) is 11.2. The van der Waals surface area contributed by atoms with E-state index in [1.54, 1.807) is 0 Å².